The summed E-state index contributed by atoms with van der Waals surface area (Å²) < 4.78 is 0.788. The summed E-state index contributed by atoms with van der Waals surface area (Å²) in [6.07, 6.45) is 0. The van der Waals surface area contributed by atoms with Crippen molar-refractivity contribution in [3.8, 4) is 5.75 Å². The Hall–Kier alpha value is -1.07. The van der Waals surface area contributed by atoms with Crippen LogP contribution in [0.2, 0.25) is 0 Å². The van der Waals surface area contributed by atoms with Crippen molar-refractivity contribution < 1.29 is 9.90 Å². The van der Waals surface area contributed by atoms with Crippen LogP contribution < -0.4 is 5.32 Å². The van der Waals surface area contributed by atoms with Crippen molar-refractivity contribution in [1.82, 2.24) is 10.2 Å². The number of carbonyl (C=O) groups is 1. The molecular formula is C15H25BrN2O2. The van der Waals surface area contributed by atoms with E-state index in [-0.39, 0.29) is 11.7 Å². The Morgan fingerprint density at radius 1 is 1.20 bits per heavy atom. The maximum Gasteiger partial charge on any atom is 0.257 e. The molecule has 0 unspecified atom stereocenters. The molecule has 4 nitrogen and oxygen atoms in total. The first kappa shape index (κ1) is 18.9. The number of aromatic hydroxyl groups is 1. The third-order valence-electron chi connectivity index (χ3n) is 2.74. The van der Waals surface area contributed by atoms with Crippen LogP contribution in [0.15, 0.2) is 22.7 Å². The number of phenolic OH excluding ortho intramolecular Hbond substituents is 1. The zero-order valence-electron chi connectivity index (χ0n) is 12.7. The zero-order valence-corrected chi connectivity index (χ0v) is 14.3. The van der Waals surface area contributed by atoms with E-state index >= 15 is 0 Å². The number of hydrogen-bond donors (Lipinski definition) is 2. The monoisotopic (exact) mass is 344 g/mol. The molecule has 0 saturated heterocycles. The van der Waals surface area contributed by atoms with E-state index < -0.39 is 0 Å². The fraction of sp³-hybridized carbons (Fsp3) is 0.533. The molecule has 0 heterocycles. The molecule has 0 radical (unpaired) electrons. The lowest BCUT2D eigenvalue weighted by Crippen LogP contribution is -2.30. The Kier molecular flexibility index (Phi) is 10.1. The first-order chi connectivity index (χ1) is 9.51. The van der Waals surface area contributed by atoms with E-state index in [0.717, 1.165) is 17.6 Å². The number of halogens is 1. The number of benzene rings is 1. The molecule has 5 heteroatoms. The van der Waals surface area contributed by atoms with Crippen LogP contribution in [-0.4, -0.2) is 42.1 Å². The number of phenols is 1. The summed E-state index contributed by atoms with van der Waals surface area (Å²) in [4.78, 5) is 13.6. The van der Waals surface area contributed by atoms with E-state index in [2.05, 4.69) is 35.1 Å². The molecule has 1 aromatic carbocycles. The second-order valence-corrected chi connectivity index (χ2v) is 5.01. The maximum absolute atomic E-state index is 11.9. The molecule has 0 bridgehead atoms. The molecule has 0 fully saturated rings. The molecule has 0 saturated carbocycles. The van der Waals surface area contributed by atoms with Gasteiger partial charge in [-0.05, 0) is 45.1 Å². The summed E-state index contributed by atoms with van der Waals surface area (Å²) in [5.74, 6) is -0.117. The number of carbonyl (C=O) groups excluding carboxylic acids is 1. The molecule has 0 aliphatic carbocycles. The second kappa shape index (κ2) is 10.7. The molecule has 1 rings (SSSR count). The molecule has 1 amide bonds. The fourth-order valence-electron chi connectivity index (χ4n) is 1.61. The highest BCUT2D eigenvalue weighted by Crippen LogP contribution is 2.23. The van der Waals surface area contributed by atoms with Crippen molar-refractivity contribution >= 4 is 21.8 Å². The van der Waals surface area contributed by atoms with E-state index in [1.165, 1.54) is 6.07 Å². The van der Waals surface area contributed by atoms with Gasteiger partial charge in [0.2, 0.25) is 0 Å². The van der Waals surface area contributed by atoms with E-state index in [1.54, 1.807) is 17.0 Å². The summed E-state index contributed by atoms with van der Waals surface area (Å²) in [6, 6.07) is 4.85. The van der Waals surface area contributed by atoms with Crippen LogP contribution in [0.4, 0.5) is 0 Å². The fourth-order valence-corrected chi connectivity index (χ4v) is 1.97. The highest BCUT2D eigenvalue weighted by atomic mass is 79.9. The van der Waals surface area contributed by atoms with Gasteiger partial charge in [-0.15, -0.1) is 0 Å². The van der Waals surface area contributed by atoms with Gasteiger partial charge in [0, 0.05) is 17.6 Å². The van der Waals surface area contributed by atoms with Gasteiger partial charge < -0.3 is 15.3 Å². The van der Waals surface area contributed by atoms with E-state index in [1.807, 2.05) is 13.8 Å². The Morgan fingerprint density at radius 2 is 1.75 bits per heavy atom. The maximum atomic E-state index is 11.9. The molecule has 0 atom stereocenters. The SMILES string of the molecule is CCN(CC)C(=O)c1cc(Br)ccc1O.CCNCC. The van der Waals surface area contributed by atoms with Crippen LogP contribution in [0.5, 0.6) is 5.75 Å². The number of rotatable bonds is 5. The van der Waals surface area contributed by atoms with Crippen LogP contribution >= 0.6 is 15.9 Å². The lowest BCUT2D eigenvalue weighted by molar-refractivity contribution is 0.0770. The average Bonchev–Trinajstić information content (AvgIpc) is 2.44. The van der Waals surface area contributed by atoms with Gasteiger partial charge >= 0.3 is 0 Å². The number of hydrogen-bond acceptors (Lipinski definition) is 3. The molecular weight excluding hydrogens is 320 g/mol. The normalized spacial score (nSPS) is 9.65. The first-order valence-corrected chi connectivity index (χ1v) is 7.79. The van der Waals surface area contributed by atoms with Crippen molar-refractivity contribution in [3.05, 3.63) is 28.2 Å². The van der Waals surface area contributed by atoms with Gasteiger partial charge in [-0.1, -0.05) is 29.8 Å². The Labute approximate surface area is 130 Å². The average molecular weight is 345 g/mol. The largest absolute Gasteiger partial charge is 0.507 e. The van der Waals surface area contributed by atoms with Gasteiger partial charge in [0.05, 0.1) is 5.56 Å². The standard InChI is InChI=1S/C11H14BrNO2.C4H11N/c1-3-13(4-2)11(15)9-7-8(12)5-6-10(9)14;1-3-5-4-2/h5-7,14H,3-4H2,1-2H3;5H,3-4H2,1-2H3. The number of amides is 1. The third-order valence-corrected chi connectivity index (χ3v) is 3.23. The van der Waals surface area contributed by atoms with Gasteiger partial charge in [0.1, 0.15) is 5.75 Å². The predicted octanol–water partition coefficient (Wildman–Crippen LogP) is 3.25. The van der Waals surface area contributed by atoms with Crippen molar-refractivity contribution in [2.75, 3.05) is 26.2 Å². The molecule has 0 aliphatic rings. The van der Waals surface area contributed by atoms with Crippen molar-refractivity contribution in [3.63, 3.8) is 0 Å². The minimum Gasteiger partial charge on any atom is -0.507 e. The van der Waals surface area contributed by atoms with Crippen LogP contribution in [0.25, 0.3) is 0 Å². The van der Waals surface area contributed by atoms with E-state index in [9.17, 15) is 9.90 Å². The molecule has 2 N–H and O–H groups in total. The van der Waals surface area contributed by atoms with E-state index in [4.69, 9.17) is 0 Å². The third kappa shape index (κ3) is 6.39. The van der Waals surface area contributed by atoms with Crippen LogP contribution in [0, 0.1) is 0 Å². The Morgan fingerprint density at radius 3 is 2.15 bits per heavy atom. The molecule has 114 valence electrons. The van der Waals surface area contributed by atoms with Crippen LogP contribution in [0.3, 0.4) is 0 Å². The van der Waals surface area contributed by atoms with Crippen LogP contribution in [-0.2, 0) is 0 Å². The zero-order chi connectivity index (χ0) is 15.5. The van der Waals surface area contributed by atoms with Gasteiger partial charge in [0.15, 0.2) is 0 Å². The minimum atomic E-state index is -0.140. The minimum absolute atomic E-state index is 0.0232. The Bertz CT molecular complexity index is 405. The first-order valence-electron chi connectivity index (χ1n) is 7.00. The van der Waals surface area contributed by atoms with Crippen molar-refractivity contribution in [2.45, 2.75) is 27.7 Å². The molecule has 0 aromatic heterocycles. The highest BCUT2D eigenvalue weighted by molar-refractivity contribution is 9.10. The number of nitrogens with one attached hydrogen (secondary N) is 1. The quantitative estimate of drug-likeness (QED) is 0.861. The van der Waals surface area contributed by atoms with Crippen molar-refractivity contribution in [2.24, 2.45) is 0 Å². The van der Waals surface area contributed by atoms with E-state index in [0.29, 0.717) is 18.7 Å². The van der Waals surface area contributed by atoms with Gasteiger partial charge in [-0.3, -0.25) is 4.79 Å². The van der Waals surface area contributed by atoms with Gasteiger partial charge in [0.25, 0.3) is 5.91 Å². The van der Waals surface area contributed by atoms with Crippen LogP contribution in [0.1, 0.15) is 38.1 Å². The molecule has 20 heavy (non-hydrogen) atoms. The summed E-state index contributed by atoms with van der Waals surface area (Å²) in [7, 11) is 0. The summed E-state index contributed by atoms with van der Waals surface area (Å²) in [5, 5.41) is 12.7. The smallest absolute Gasteiger partial charge is 0.257 e. The summed E-state index contributed by atoms with van der Waals surface area (Å²) in [5.41, 5.74) is 0.341. The predicted molar refractivity (Wildman–Crippen MR) is 87.3 cm³/mol. The van der Waals surface area contributed by atoms with Gasteiger partial charge in [-0.2, -0.15) is 0 Å². The molecule has 1 aromatic rings. The number of nitrogens with zero attached hydrogens (tertiary/aromatic N) is 1. The summed E-state index contributed by atoms with van der Waals surface area (Å²) in [6.45, 7) is 11.5. The molecule has 0 aliphatic heterocycles. The summed E-state index contributed by atoms with van der Waals surface area (Å²) >= 11 is 3.28. The lowest BCUT2D eigenvalue weighted by Gasteiger charge is -2.19. The Balaban J connectivity index is 0.000000621. The second-order valence-electron chi connectivity index (χ2n) is 4.10. The topological polar surface area (TPSA) is 52.6 Å². The highest BCUT2D eigenvalue weighted by Gasteiger charge is 2.16. The lowest BCUT2D eigenvalue weighted by atomic mass is 10.1. The van der Waals surface area contributed by atoms with Gasteiger partial charge in [-0.25, -0.2) is 0 Å². The van der Waals surface area contributed by atoms with Crippen molar-refractivity contribution in [1.29, 1.82) is 0 Å². The molecule has 0 spiro atoms.